The summed E-state index contributed by atoms with van der Waals surface area (Å²) < 4.78 is 19.5. The lowest BCUT2D eigenvalue weighted by Crippen LogP contribution is -2.36. The molecular formula is C12H16N4O4. The van der Waals surface area contributed by atoms with Gasteiger partial charge in [-0.15, -0.1) is 0 Å². The smallest absolute Gasteiger partial charge is 0.271 e. The number of carbonyl (C=O) groups excluding carboxylic acids is 1. The third-order valence-corrected chi connectivity index (χ3v) is 3.90. The fourth-order valence-corrected chi connectivity index (χ4v) is 3.15. The van der Waals surface area contributed by atoms with Gasteiger partial charge in [-0.1, -0.05) is 0 Å². The van der Waals surface area contributed by atoms with Gasteiger partial charge in [-0.25, -0.2) is 4.98 Å². The Morgan fingerprint density at radius 1 is 1.50 bits per heavy atom. The Balaban J connectivity index is 1.76. The lowest BCUT2D eigenvalue weighted by Gasteiger charge is -2.23. The van der Waals surface area contributed by atoms with Gasteiger partial charge in [0.2, 0.25) is 0 Å². The van der Waals surface area contributed by atoms with E-state index in [-0.39, 0.29) is 30.2 Å². The van der Waals surface area contributed by atoms with Crippen LogP contribution in [0.2, 0.25) is 0 Å². The molecule has 2 saturated heterocycles. The molecule has 1 aromatic heterocycles. The number of ether oxygens (including phenoxy) is 3. The molecule has 8 nitrogen and oxygen atoms in total. The zero-order chi connectivity index (χ0) is 14.1. The van der Waals surface area contributed by atoms with E-state index in [1.165, 1.54) is 0 Å². The number of amides is 1. The van der Waals surface area contributed by atoms with E-state index in [0.717, 1.165) is 0 Å². The molecule has 1 amide bonds. The normalized spacial score (nSPS) is 36.9. The molecule has 0 saturated carbocycles. The van der Waals surface area contributed by atoms with Gasteiger partial charge in [0.15, 0.2) is 17.7 Å². The maximum atomic E-state index is 11.4. The molecule has 20 heavy (non-hydrogen) atoms. The molecule has 2 fully saturated rings. The second-order valence-electron chi connectivity index (χ2n) is 5.72. The number of nitrogens with zero attached hydrogens (tertiary/aromatic N) is 2. The van der Waals surface area contributed by atoms with E-state index in [0.29, 0.717) is 12.4 Å². The van der Waals surface area contributed by atoms with Gasteiger partial charge in [-0.2, -0.15) is 0 Å². The van der Waals surface area contributed by atoms with Crippen LogP contribution >= 0.6 is 0 Å². The number of anilines is 1. The minimum atomic E-state index is -0.632. The highest BCUT2D eigenvalue weighted by molar-refractivity contribution is 5.95. The monoisotopic (exact) mass is 280 g/mol. The van der Waals surface area contributed by atoms with Crippen LogP contribution < -0.4 is 11.1 Å². The van der Waals surface area contributed by atoms with Crippen LogP contribution in [-0.2, 0) is 14.2 Å². The van der Waals surface area contributed by atoms with E-state index < -0.39 is 11.7 Å². The van der Waals surface area contributed by atoms with Crippen LogP contribution in [0.25, 0.3) is 0 Å². The minimum Gasteiger partial charge on any atom is -0.367 e. The van der Waals surface area contributed by atoms with Crippen molar-refractivity contribution in [3.63, 3.8) is 0 Å². The van der Waals surface area contributed by atoms with Gasteiger partial charge in [0.25, 0.3) is 5.91 Å². The topological polar surface area (TPSA) is 101 Å². The van der Waals surface area contributed by atoms with Crippen molar-refractivity contribution in [3.05, 3.63) is 12.0 Å². The molecule has 8 heteroatoms. The van der Waals surface area contributed by atoms with Crippen LogP contribution in [0.15, 0.2) is 6.33 Å². The molecule has 4 rings (SSSR count). The maximum Gasteiger partial charge on any atom is 0.271 e. The molecule has 1 unspecified atom stereocenters. The number of primary amides is 1. The van der Waals surface area contributed by atoms with E-state index in [9.17, 15) is 4.79 Å². The number of carbonyl (C=O) groups is 1. The Hall–Kier alpha value is -1.64. The van der Waals surface area contributed by atoms with E-state index in [1.54, 1.807) is 10.9 Å². The zero-order valence-electron chi connectivity index (χ0n) is 11.2. The van der Waals surface area contributed by atoms with Crippen molar-refractivity contribution < 1.29 is 19.0 Å². The molecule has 0 aromatic carbocycles. The minimum absolute atomic E-state index is 0.130. The van der Waals surface area contributed by atoms with Gasteiger partial charge in [0.1, 0.15) is 24.1 Å². The van der Waals surface area contributed by atoms with Crippen LogP contribution in [0.5, 0.6) is 0 Å². The van der Waals surface area contributed by atoms with E-state index >= 15 is 0 Å². The zero-order valence-corrected chi connectivity index (χ0v) is 11.2. The molecule has 2 bridgehead atoms. The van der Waals surface area contributed by atoms with Gasteiger partial charge in [-0.05, 0) is 13.8 Å². The third-order valence-electron chi connectivity index (χ3n) is 3.90. The Labute approximate surface area is 115 Å². The van der Waals surface area contributed by atoms with Crippen molar-refractivity contribution in [2.75, 3.05) is 11.9 Å². The number of imidazole rings is 1. The second-order valence-corrected chi connectivity index (χ2v) is 5.72. The van der Waals surface area contributed by atoms with Crippen LogP contribution in [0.1, 0.15) is 30.6 Å². The summed E-state index contributed by atoms with van der Waals surface area (Å²) in [7, 11) is 0. The first-order chi connectivity index (χ1) is 9.46. The van der Waals surface area contributed by atoms with Crippen LogP contribution in [0.3, 0.4) is 0 Å². The Bertz CT molecular complexity index is 584. The fraction of sp³-hybridized carbons (Fsp3) is 0.667. The molecule has 3 N–H and O–H groups in total. The average Bonchev–Trinajstić information content (AvgIpc) is 2.94. The summed E-state index contributed by atoms with van der Waals surface area (Å²) in [6.45, 7) is 4.28. The molecule has 1 aromatic rings. The van der Waals surface area contributed by atoms with Crippen molar-refractivity contribution in [1.82, 2.24) is 9.55 Å². The van der Waals surface area contributed by atoms with E-state index in [4.69, 9.17) is 19.9 Å². The van der Waals surface area contributed by atoms with Gasteiger partial charge in [0, 0.05) is 6.54 Å². The SMILES string of the molecule is CC1(C)OC2[C@@H](O1)[C@H]1CNc3c(C(N)=O)ncn3[C@H]2O1. The molecule has 4 atom stereocenters. The number of nitrogens with two attached hydrogens (primary N) is 1. The van der Waals surface area contributed by atoms with Crippen LogP contribution in [0.4, 0.5) is 5.82 Å². The standard InChI is InChI=1S/C12H16N4O4/c1-12(2)19-7-5-3-14-10-6(9(13)17)15-4-16(10)11(18-5)8(7)20-12/h4-5,7-8,11,14H,3H2,1-2H3,(H2,13,17)/t5-,7+,8?,11+/m1/s1. The van der Waals surface area contributed by atoms with Gasteiger partial charge < -0.3 is 25.3 Å². The predicted molar refractivity (Wildman–Crippen MR) is 67.0 cm³/mol. The number of fused-ring (bicyclic) bond motifs is 7. The van der Waals surface area contributed by atoms with Crippen molar-refractivity contribution in [1.29, 1.82) is 0 Å². The first kappa shape index (κ1) is 12.1. The molecular weight excluding hydrogens is 264 g/mol. The van der Waals surface area contributed by atoms with Crippen molar-refractivity contribution >= 4 is 11.7 Å². The number of nitrogens with one attached hydrogen (secondary N) is 1. The molecule has 108 valence electrons. The summed E-state index contributed by atoms with van der Waals surface area (Å²) in [5.74, 6) is -0.617. The summed E-state index contributed by atoms with van der Waals surface area (Å²) in [6.07, 6.45) is 0.706. The Morgan fingerprint density at radius 2 is 2.25 bits per heavy atom. The lowest BCUT2D eigenvalue weighted by molar-refractivity contribution is -0.193. The van der Waals surface area contributed by atoms with E-state index in [1.807, 2.05) is 13.8 Å². The summed E-state index contributed by atoms with van der Waals surface area (Å²) in [5.41, 5.74) is 5.55. The lowest BCUT2D eigenvalue weighted by atomic mass is 10.1. The van der Waals surface area contributed by atoms with Gasteiger partial charge in [0.05, 0.1) is 6.33 Å². The summed E-state index contributed by atoms with van der Waals surface area (Å²) in [4.78, 5) is 15.4. The van der Waals surface area contributed by atoms with Crippen LogP contribution in [-0.4, -0.2) is 46.1 Å². The first-order valence-electron chi connectivity index (χ1n) is 6.58. The van der Waals surface area contributed by atoms with Gasteiger partial charge in [-0.3, -0.25) is 9.36 Å². The average molecular weight is 280 g/mol. The summed E-state index contributed by atoms with van der Waals surface area (Å²) in [5, 5.41) is 3.17. The van der Waals surface area contributed by atoms with Crippen molar-refractivity contribution in [2.24, 2.45) is 5.73 Å². The molecule has 0 spiro atoms. The highest BCUT2D eigenvalue weighted by Gasteiger charge is 2.57. The number of rotatable bonds is 1. The first-order valence-corrected chi connectivity index (χ1v) is 6.58. The molecule has 3 aliphatic rings. The largest absolute Gasteiger partial charge is 0.367 e. The second kappa shape index (κ2) is 3.72. The van der Waals surface area contributed by atoms with E-state index in [2.05, 4.69) is 10.3 Å². The molecule has 4 heterocycles. The number of hydrogen-bond donors (Lipinski definition) is 2. The molecule has 3 aliphatic heterocycles. The highest BCUT2D eigenvalue weighted by atomic mass is 16.8. The molecule has 0 aliphatic carbocycles. The van der Waals surface area contributed by atoms with Crippen LogP contribution in [0, 0.1) is 0 Å². The maximum absolute atomic E-state index is 11.4. The predicted octanol–water partition coefficient (Wildman–Crippen LogP) is -0.175. The summed E-state index contributed by atoms with van der Waals surface area (Å²) in [6, 6.07) is 0. The number of hydrogen-bond acceptors (Lipinski definition) is 6. The van der Waals surface area contributed by atoms with Gasteiger partial charge >= 0.3 is 0 Å². The van der Waals surface area contributed by atoms with Crippen molar-refractivity contribution in [2.45, 2.75) is 44.2 Å². The fourth-order valence-electron chi connectivity index (χ4n) is 3.15. The Kier molecular flexibility index (Phi) is 2.25. The number of aromatic nitrogens is 2. The van der Waals surface area contributed by atoms with Crippen molar-refractivity contribution in [3.8, 4) is 0 Å². The highest BCUT2D eigenvalue weighted by Crippen LogP contribution is 2.45. The third kappa shape index (κ3) is 1.52. The quantitative estimate of drug-likeness (QED) is 0.740. The Morgan fingerprint density at radius 3 is 3.00 bits per heavy atom. The summed E-state index contributed by atoms with van der Waals surface area (Å²) >= 11 is 0. The molecule has 0 radical (unpaired) electrons.